The number of carbonyl (C=O) groups is 1. The molecule has 1 fully saturated rings. The Morgan fingerprint density at radius 2 is 2.00 bits per heavy atom. The van der Waals surface area contributed by atoms with Gasteiger partial charge in [0.2, 0.25) is 0 Å². The zero-order chi connectivity index (χ0) is 20.8. The third-order valence-corrected chi connectivity index (χ3v) is 6.32. The van der Waals surface area contributed by atoms with Gasteiger partial charge in [-0.05, 0) is 64.8 Å². The first kappa shape index (κ1) is 22.3. The van der Waals surface area contributed by atoms with Gasteiger partial charge in [-0.1, -0.05) is 19.3 Å². The Morgan fingerprint density at radius 3 is 2.69 bits per heavy atom. The number of rotatable bonds is 9. The molecule has 1 aromatic heterocycles. The fourth-order valence-electron chi connectivity index (χ4n) is 4.71. The lowest BCUT2D eigenvalue weighted by Crippen LogP contribution is -2.36. The van der Waals surface area contributed by atoms with Gasteiger partial charge in [-0.25, -0.2) is 0 Å². The Kier molecular flexibility index (Phi) is 8.13. The summed E-state index contributed by atoms with van der Waals surface area (Å²) < 4.78 is 7.83. The van der Waals surface area contributed by atoms with Crippen LogP contribution in [0.1, 0.15) is 80.5 Å². The van der Waals surface area contributed by atoms with Gasteiger partial charge in [0.25, 0.3) is 5.91 Å². The van der Waals surface area contributed by atoms with Crippen molar-refractivity contribution in [3.63, 3.8) is 0 Å². The standard InChI is InChI=1S/C23H40N4O2/c1-17(2)29-14-8-13-24-19-11-12-21-20(15-19)22(23(28)26(3)4)25-27(21)16-18-9-6-5-7-10-18/h17-19,24H,5-16H2,1-4H3. The molecule has 0 aliphatic heterocycles. The molecule has 29 heavy (non-hydrogen) atoms. The summed E-state index contributed by atoms with van der Waals surface area (Å²) >= 11 is 0. The van der Waals surface area contributed by atoms with E-state index in [0.717, 1.165) is 45.4 Å². The highest BCUT2D eigenvalue weighted by atomic mass is 16.5. The number of ether oxygens (including phenoxy) is 1. The van der Waals surface area contributed by atoms with Crippen LogP contribution in [0.2, 0.25) is 0 Å². The quantitative estimate of drug-likeness (QED) is 0.641. The average Bonchev–Trinajstić information content (AvgIpc) is 3.05. The summed E-state index contributed by atoms with van der Waals surface area (Å²) in [5, 5.41) is 8.53. The Bertz CT molecular complexity index is 662. The van der Waals surface area contributed by atoms with Crippen LogP contribution in [0, 0.1) is 5.92 Å². The predicted molar refractivity (Wildman–Crippen MR) is 116 cm³/mol. The highest BCUT2D eigenvalue weighted by Crippen LogP contribution is 2.29. The fraction of sp³-hybridized carbons (Fsp3) is 0.826. The van der Waals surface area contributed by atoms with E-state index in [-0.39, 0.29) is 5.91 Å². The minimum absolute atomic E-state index is 0.0367. The maximum atomic E-state index is 12.8. The van der Waals surface area contributed by atoms with Gasteiger partial charge in [-0.3, -0.25) is 9.48 Å². The number of aromatic nitrogens is 2. The third-order valence-electron chi connectivity index (χ3n) is 6.32. The molecule has 0 aromatic carbocycles. The average molecular weight is 405 g/mol. The summed E-state index contributed by atoms with van der Waals surface area (Å²) in [6, 6.07) is 0.419. The number of hydrogen-bond acceptors (Lipinski definition) is 4. The van der Waals surface area contributed by atoms with Crippen LogP contribution in [-0.2, 0) is 24.1 Å². The van der Waals surface area contributed by atoms with E-state index in [2.05, 4.69) is 23.8 Å². The topological polar surface area (TPSA) is 59.4 Å². The lowest BCUT2D eigenvalue weighted by molar-refractivity contribution is 0.0766. The molecular formula is C23H40N4O2. The molecular weight excluding hydrogens is 364 g/mol. The lowest BCUT2D eigenvalue weighted by atomic mass is 9.88. The van der Waals surface area contributed by atoms with Crippen LogP contribution in [0.5, 0.6) is 0 Å². The Hall–Kier alpha value is -1.40. The smallest absolute Gasteiger partial charge is 0.274 e. The van der Waals surface area contributed by atoms with Gasteiger partial charge in [0, 0.05) is 44.5 Å². The van der Waals surface area contributed by atoms with E-state index in [0.29, 0.717) is 23.8 Å². The summed E-state index contributed by atoms with van der Waals surface area (Å²) in [7, 11) is 3.64. The Balaban J connectivity index is 1.66. The van der Waals surface area contributed by atoms with Gasteiger partial charge in [0.15, 0.2) is 5.69 Å². The maximum Gasteiger partial charge on any atom is 0.274 e. The van der Waals surface area contributed by atoms with E-state index < -0.39 is 0 Å². The van der Waals surface area contributed by atoms with Gasteiger partial charge < -0.3 is 15.0 Å². The molecule has 3 rings (SSSR count). The Labute approximate surface area is 176 Å². The van der Waals surface area contributed by atoms with E-state index in [1.807, 2.05) is 14.1 Å². The maximum absolute atomic E-state index is 12.8. The first-order chi connectivity index (χ1) is 14.0. The minimum atomic E-state index is 0.0367. The molecule has 164 valence electrons. The summed E-state index contributed by atoms with van der Waals surface area (Å²) in [4.78, 5) is 14.5. The number of nitrogens with one attached hydrogen (secondary N) is 1. The van der Waals surface area contributed by atoms with E-state index >= 15 is 0 Å². The molecule has 0 bridgehead atoms. The second-order valence-corrected chi connectivity index (χ2v) is 9.33. The molecule has 1 unspecified atom stereocenters. The van der Waals surface area contributed by atoms with Crippen LogP contribution in [0.3, 0.4) is 0 Å². The SMILES string of the molecule is CC(C)OCCCNC1CCc2c(c(C(=O)N(C)C)nn2CC2CCCCC2)C1. The third kappa shape index (κ3) is 6.05. The van der Waals surface area contributed by atoms with Crippen LogP contribution in [0.15, 0.2) is 0 Å². The molecule has 1 saturated carbocycles. The van der Waals surface area contributed by atoms with Crippen LogP contribution in [0.25, 0.3) is 0 Å². The van der Waals surface area contributed by atoms with Crippen molar-refractivity contribution in [2.75, 3.05) is 27.2 Å². The van der Waals surface area contributed by atoms with E-state index in [9.17, 15) is 4.79 Å². The van der Waals surface area contributed by atoms with Crippen molar-refractivity contribution in [1.29, 1.82) is 0 Å². The lowest BCUT2D eigenvalue weighted by Gasteiger charge is -2.26. The van der Waals surface area contributed by atoms with Crippen molar-refractivity contribution < 1.29 is 9.53 Å². The number of hydrogen-bond donors (Lipinski definition) is 1. The van der Waals surface area contributed by atoms with Gasteiger partial charge in [-0.2, -0.15) is 5.10 Å². The normalized spacial score (nSPS) is 20.1. The van der Waals surface area contributed by atoms with Gasteiger partial charge in [0.1, 0.15) is 0 Å². The van der Waals surface area contributed by atoms with Crippen molar-refractivity contribution in [3.8, 4) is 0 Å². The minimum Gasteiger partial charge on any atom is -0.379 e. The number of carbonyl (C=O) groups excluding carboxylic acids is 1. The Morgan fingerprint density at radius 1 is 1.24 bits per heavy atom. The molecule has 6 nitrogen and oxygen atoms in total. The summed E-state index contributed by atoms with van der Waals surface area (Å²) in [6.07, 6.45) is 11.0. The van der Waals surface area contributed by atoms with Crippen LogP contribution < -0.4 is 5.32 Å². The number of amides is 1. The van der Waals surface area contributed by atoms with E-state index in [1.165, 1.54) is 43.4 Å². The van der Waals surface area contributed by atoms with E-state index in [1.54, 1.807) is 4.90 Å². The molecule has 0 radical (unpaired) electrons. The molecule has 6 heteroatoms. The number of fused-ring (bicyclic) bond motifs is 1. The molecule has 1 amide bonds. The monoisotopic (exact) mass is 404 g/mol. The molecule has 1 atom stereocenters. The number of nitrogens with zero attached hydrogens (tertiary/aromatic N) is 3. The molecule has 1 heterocycles. The van der Waals surface area contributed by atoms with Crippen LogP contribution >= 0.6 is 0 Å². The highest BCUT2D eigenvalue weighted by molar-refractivity contribution is 5.93. The van der Waals surface area contributed by atoms with Crippen molar-refractivity contribution in [2.45, 2.75) is 90.3 Å². The van der Waals surface area contributed by atoms with Gasteiger partial charge in [-0.15, -0.1) is 0 Å². The summed E-state index contributed by atoms with van der Waals surface area (Å²) in [5.74, 6) is 0.751. The molecule has 1 N–H and O–H groups in total. The first-order valence-corrected chi connectivity index (χ1v) is 11.6. The predicted octanol–water partition coefficient (Wildman–Crippen LogP) is 3.43. The molecule has 2 aliphatic carbocycles. The molecule has 0 saturated heterocycles. The van der Waals surface area contributed by atoms with Gasteiger partial charge >= 0.3 is 0 Å². The largest absolute Gasteiger partial charge is 0.379 e. The fourth-order valence-corrected chi connectivity index (χ4v) is 4.71. The first-order valence-electron chi connectivity index (χ1n) is 11.6. The molecule has 1 aromatic rings. The van der Waals surface area contributed by atoms with Crippen LogP contribution in [0.4, 0.5) is 0 Å². The van der Waals surface area contributed by atoms with Gasteiger partial charge in [0.05, 0.1) is 6.10 Å². The van der Waals surface area contributed by atoms with Crippen molar-refractivity contribution in [1.82, 2.24) is 20.0 Å². The zero-order valence-electron chi connectivity index (χ0n) is 18.9. The van der Waals surface area contributed by atoms with Crippen molar-refractivity contribution in [3.05, 3.63) is 17.0 Å². The second kappa shape index (κ2) is 10.6. The van der Waals surface area contributed by atoms with E-state index in [4.69, 9.17) is 9.84 Å². The van der Waals surface area contributed by atoms with Crippen molar-refractivity contribution in [2.24, 2.45) is 5.92 Å². The zero-order valence-corrected chi connectivity index (χ0v) is 18.9. The van der Waals surface area contributed by atoms with Crippen LogP contribution in [-0.4, -0.2) is 60.0 Å². The highest BCUT2D eigenvalue weighted by Gasteiger charge is 2.30. The van der Waals surface area contributed by atoms with Crippen molar-refractivity contribution >= 4 is 5.91 Å². The summed E-state index contributed by atoms with van der Waals surface area (Å²) in [6.45, 7) is 6.88. The molecule has 2 aliphatic rings. The molecule has 0 spiro atoms. The summed E-state index contributed by atoms with van der Waals surface area (Å²) in [5.41, 5.74) is 3.17. The second-order valence-electron chi connectivity index (χ2n) is 9.33.